The molecule has 0 saturated heterocycles. The molecule has 110 valence electrons. The van der Waals surface area contributed by atoms with Gasteiger partial charge in [0.2, 0.25) is 0 Å². The number of rotatable bonds is 2. The van der Waals surface area contributed by atoms with E-state index in [-0.39, 0.29) is 34.6 Å². The zero-order valence-corrected chi connectivity index (χ0v) is 14.3. The summed E-state index contributed by atoms with van der Waals surface area (Å²) in [5.74, 6) is -0.510. The second kappa shape index (κ2) is 4.94. The van der Waals surface area contributed by atoms with Gasteiger partial charge in [-0.15, -0.1) is 0 Å². The van der Waals surface area contributed by atoms with Crippen LogP contribution in [0.15, 0.2) is 18.2 Å². The number of amides is 1. The van der Waals surface area contributed by atoms with Gasteiger partial charge in [0.1, 0.15) is 5.82 Å². The second-order valence-corrected chi connectivity index (χ2v) is 7.81. The van der Waals surface area contributed by atoms with Crippen LogP contribution >= 0.6 is 22.6 Å². The standard InChI is InChI=1S/C15H20FIN2O/c1-14(2)12(18)15(3,4)13(14)19-11(20)9-6-5-8(16)7-10(9)17/h5-7,12-13H,18H2,1-4H3,(H,19,20). The summed E-state index contributed by atoms with van der Waals surface area (Å²) in [7, 11) is 0. The predicted octanol–water partition coefficient (Wildman–Crippen LogP) is 2.92. The molecule has 1 aromatic rings. The van der Waals surface area contributed by atoms with E-state index in [9.17, 15) is 9.18 Å². The van der Waals surface area contributed by atoms with Gasteiger partial charge in [0.25, 0.3) is 5.91 Å². The first-order valence-corrected chi connectivity index (χ1v) is 7.68. The Morgan fingerprint density at radius 2 is 1.85 bits per heavy atom. The van der Waals surface area contributed by atoms with Gasteiger partial charge in [-0.2, -0.15) is 0 Å². The minimum atomic E-state index is -0.336. The van der Waals surface area contributed by atoms with Gasteiger partial charge in [-0.25, -0.2) is 4.39 Å². The SMILES string of the molecule is CC1(C)C(N)C(C)(C)C1NC(=O)c1ccc(F)cc1I. The number of nitrogens with one attached hydrogen (secondary N) is 1. The van der Waals surface area contributed by atoms with Gasteiger partial charge in [0.05, 0.1) is 5.56 Å². The minimum absolute atomic E-state index is 0.00152. The Hall–Kier alpha value is -0.690. The molecule has 0 radical (unpaired) electrons. The first-order valence-electron chi connectivity index (χ1n) is 6.60. The van der Waals surface area contributed by atoms with Crippen molar-refractivity contribution >= 4 is 28.5 Å². The van der Waals surface area contributed by atoms with Crippen LogP contribution in [0.2, 0.25) is 0 Å². The average molecular weight is 390 g/mol. The fourth-order valence-corrected chi connectivity index (χ4v) is 4.16. The largest absolute Gasteiger partial charge is 0.348 e. The van der Waals surface area contributed by atoms with E-state index >= 15 is 0 Å². The van der Waals surface area contributed by atoms with Crippen molar-refractivity contribution in [3.63, 3.8) is 0 Å². The maximum atomic E-state index is 13.1. The van der Waals surface area contributed by atoms with Crippen molar-refractivity contribution in [2.45, 2.75) is 39.8 Å². The molecule has 3 nitrogen and oxygen atoms in total. The molecule has 0 heterocycles. The molecule has 0 unspecified atom stereocenters. The quantitative estimate of drug-likeness (QED) is 0.764. The molecule has 0 aromatic heterocycles. The van der Waals surface area contributed by atoms with E-state index in [2.05, 4.69) is 33.0 Å². The zero-order valence-electron chi connectivity index (χ0n) is 12.1. The lowest BCUT2D eigenvalue weighted by atomic mass is 9.48. The van der Waals surface area contributed by atoms with E-state index < -0.39 is 0 Å². The van der Waals surface area contributed by atoms with E-state index in [4.69, 9.17) is 5.73 Å². The predicted molar refractivity (Wildman–Crippen MR) is 85.9 cm³/mol. The lowest BCUT2D eigenvalue weighted by molar-refractivity contribution is -0.0663. The summed E-state index contributed by atoms with van der Waals surface area (Å²) in [4.78, 5) is 12.4. The van der Waals surface area contributed by atoms with Crippen LogP contribution in [-0.4, -0.2) is 18.0 Å². The van der Waals surface area contributed by atoms with Crippen molar-refractivity contribution < 1.29 is 9.18 Å². The van der Waals surface area contributed by atoms with Crippen molar-refractivity contribution in [2.75, 3.05) is 0 Å². The molecule has 1 aromatic carbocycles. The third-order valence-corrected chi connectivity index (χ3v) is 5.43. The van der Waals surface area contributed by atoms with Crippen LogP contribution in [0.25, 0.3) is 0 Å². The van der Waals surface area contributed by atoms with Gasteiger partial charge in [-0.05, 0) is 40.8 Å². The average Bonchev–Trinajstić information content (AvgIpc) is 2.34. The maximum absolute atomic E-state index is 13.1. The van der Waals surface area contributed by atoms with E-state index in [1.54, 1.807) is 0 Å². The molecule has 0 spiro atoms. The molecule has 3 N–H and O–H groups in total. The molecule has 2 rings (SSSR count). The molecule has 0 atom stereocenters. The monoisotopic (exact) mass is 390 g/mol. The number of benzene rings is 1. The summed E-state index contributed by atoms with van der Waals surface area (Å²) in [5.41, 5.74) is 6.39. The van der Waals surface area contributed by atoms with Crippen LogP contribution in [-0.2, 0) is 0 Å². The van der Waals surface area contributed by atoms with Gasteiger partial charge in [0.15, 0.2) is 0 Å². The van der Waals surface area contributed by atoms with Crippen LogP contribution in [0.4, 0.5) is 4.39 Å². The second-order valence-electron chi connectivity index (χ2n) is 6.65. The molecule has 1 aliphatic carbocycles. The summed E-state index contributed by atoms with van der Waals surface area (Å²) < 4.78 is 13.7. The lowest BCUT2D eigenvalue weighted by Crippen LogP contribution is -2.76. The maximum Gasteiger partial charge on any atom is 0.252 e. The van der Waals surface area contributed by atoms with Crippen LogP contribution in [0, 0.1) is 20.2 Å². The first kappa shape index (κ1) is 15.7. The fraction of sp³-hybridized carbons (Fsp3) is 0.533. The smallest absolute Gasteiger partial charge is 0.252 e. The number of carbonyl (C=O) groups excluding carboxylic acids is 1. The lowest BCUT2D eigenvalue weighted by Gasteiger charge is -2.62. The van der Waals surface area contributed by atoms with Gasteiger partial charge in [-0.3, -0.25) is 4.79 Å². The molecule has 1 saturated carbocycles. The van der Waals surface area contributed by atoms with Gasteiger partial charge < -0.3 is 11.1 Å². The Morgan fingerprint density at radius 3 is 2.35 bits per heavy atom. The van der Waals surface area contributed by atoms with Crippen LogP contribution < -0.4 is 11.1 Å². The molecular formula is C15H20FIN2O. The highest BCUT2D eigenvalue weighted by Gasteiger charge is 2.60. The van der Waals surface area contributed by atoms with E-state index in [0.717, 1.165) is 0 Å². The van der Waals surface area contributed by atoms with Crippen molar-refractivity contribution in [1.82, 2.24) is 5.32 Å². The molecule has 1 aliphatic rings. The molecule has 5 heteroatoms. The summed E-state index contributed by atoms with van der Waals surface area (Å²) >= 11 is 1.97. The van der Waals surface area contributed by atoms with E-state index in [1.807, 2.05) is 22.6 Å². The topological polar surface area (TPSA) is 55.1 Å². The third-order valence-electron chi connectivity index (χ3n) is 4.54. The first-order chi connectivity index (χ1) is 9.08. The molecule has 0 bridgehead atoms. The highest BCUT2D eigenvalue weighted by molar-refractivity contribution is 14.1. The molecule has 20 heavy (non-hydrogen) atoms. The molecule has 1 fully saturated rings. The van der Waals surface area contributed by atoms with Crippen molar-refractivity contribution in [3.05, 3.63) is 33.1 Å². The molecule has 1 amide bonds. The summed E-state index contributed by atoms with van der Waals surface area (Å²) in [6.45, 7) is 8.24. The van der Waals surface area contributed by atoms with Gasteiger partial charge in [0, 0.05) is 26.5 Å². The normalized spacial score (nSPS) is 26.8. The van der Waals surface area contributed by atoms with Crippen LogP contribution in [0.5, 0.6) is 0 Å². The third kappa shape index (κ3) is 2.35. The van der Waals surface area contributed by atoms with Gasteiger partial charge in [-0.1, -0.05) is 27.7 Å². The van der Waals surface area contributed by atoms with Crippen LogP contribution in [0.1, 0.15) is 38.1 Å². The van der Waals surface area contributed by atoms with Crippen molar-refractivity contribution in [3.8, 4) is 0 Å². The summed E-state index contributed by atoms with van der Waals surface area (Å²) in [5, 5.41) is 3.06. The molecule has 0 aliphatic heterocycles. The number of hydrogen-bond donors (Lipinski definition) is 2. The fourth-order valence-electron chi connectivity index (χ4n) is 3.43. The number of halogens is 2. The van der Waals surface area contributed by atoms with Crippen molar-refractivity contribution in [1.29, 1.82) is 0 Å². The zero-order chi connectivity index (χ0) is 15.3. The Balaban J connectivity index is 2.20. The van der Waals surface area contributed by atoms with Crippen molar-refractivity contribution in [2.24, 2.45) is 16.6 Å². The summed E-state index contributed by atoms with van der Waals surface area (Å²) in [6, 6.07) is 4.22. The highest BCUT2D eigenvalue weighted by Crippen LogP contribution is 2.52. The Kier molecular flexibility index (Phi) is 3.88. The Morgan fingerprint density at radius 1 is 1.30 bits per heavy atom. The van der Waals surface area contributed by atoms with E-state index in [0.29, 0.717) is 9.13 Å². The number of carbonyl (C=O) groups is 1. The Labute approximate surface area is 132 Å². The number of hydrogen-bond acceptors (Lipinski definition) is 2. The van der Waals surface area contributed by atoms with E-state index in [1.165, 1.54) is 18.2 Å². The minimum Gasteiger partial charge on any atom is -0.348 e. The van der Waals surface area contributed by atoms with Crippen LogP contribution in [0.3, 0.4) is 0 Å². The summed E-state index contributed by atoms with van der Waals surface area (Å²) in [6.07, 6.45) is 0. The Bertz CT molecular complexity index is 541. The van der Waals surface area contributed by atoms with Gasteiger partial charge >= 0.3 is 0 Å². The highest BCUT2D eigenvalue weighted by atomic mass is 127. The number of nitrogens with two attached hydrogens (primary N) is 1. The molecular weight excluding hydrogens is 370 g/mol.